The first-order valence-corrected chi connectivity index (χ1v) is 4.98. The molecule has 0 unspecified atom stereocenters. The van der Waals surface area contributed by atoms with Gasteiger partial charge in [-0.3, -0.25) is 4.79 Å². The quantitative estimate of drug-likeness (QED) is 0.493. The summed E-state index contributed by atoms with van der Waals surface area (Å²) in [5.74, 6) is -0.590. The Morgan fingerprint density at radius 2 is 2.31 bits per heavy atom. The molecule has 4 nitrogen and oxygen atoms in total. The molecular weight excluding hydrogens is 226 g/mol. The average Bonchev–Trinajstić information content (AvgIpc) is 2.29. The summed E-state index contributed by atoms with van der Waals surface area (Å²) in [5.41, 5.74) is 0.555. The number of esters is 1. The van der Waals surface area contributed by atoms with Gasteiger partial charge < -0.3 is 4.74 Å². The van der Waals surface area contributed by atoms with Crippen LogP contribution in [0.1, 0.15) is 33.2 Å². The fourth-order valence-corrected chi connectivity index (χ4v) is 1.44. The van der Waals surface area contributed by atoms with E-state index in [-0.39, 0.29) is 28.2 Å². The van der Waals surface area contributed by atoms with E-state index in [1.54, 1.807) is 6.92 Å². The predicted octanol–water partition coefficient (Wildman–Crippen LogP) is 1.84. The van der Waals surface area contributed by atoms with E-state index in [4.69, 9.17) is 10.00 Å². The number of ether oxygens (including phenoxy) is 1. The van der Waals surface area contributed by atoms with Crippen LogP contribution in [-0.2, 0) is 4.74 Å². The lowest BCUT2D eigenvalue weighted by atomic mass is 10.1. The van der Waals surface area contributed by atoms with Gasteiger partial charge in [0.1, 0.15) is 12.4 Å². The van der Waals surface area contributed by atoms with Crippen molar-refractivity contribution in [2.24, 2.45) is 0 Å². The van der Waals surface area contributed by atoms with Crippen LogP contribution in [0.4, 0.5) is 0 Å². The number of nitrogens with zero attached hydrogens (tertiary/aromatic N) is 1. The van der Waals surface area contributed by atoms with Crippen molar-refractivity contribution in [3.63, 3.8) is 0 Å². The van der Waals surface area contributed by atoms with E-state index < -0.39 is 5.97 Å². The number of hydrogen-bond acceptors (Lipinski definition) is 5. The highest BCUT2D eigenvalue weighted by atomic mass is 32.1. The van der Waals surface area contributed by atoms with Gasteiger partial charge in [0.05, 0.1) is 17.7 Å². The number of carbonyl (C=O) groups excluding carboxylic acids is 2. The zero-order chi connectivity index (χ0) is 12.1. The Bertz CT molecular complexity index is 477. The molecule has 0 spiro atoms. The molecule has 0 aliphatic rings. The Morgan fingerprint density at radius 1 is 1.62 bits per heavy atom. The highest BCUT2D eigenvalue weighted by Gasteiger charge is 2.15. The molecule has 16 heavy (non-hydrogen) atoms. The van der Waals surface area contributed by atoms with Crippen LogP contribution in [0.25, 0.3) is 0 Å². The van der Waals surface area contributed by atoms with Crippen LogP contribution in [0, 0.1) is 11.3 Å². The van der Waals surface area contributed by atoms with Crippen LogP contribution >= 0.6 is 12.6 Å². The summed E-state index contributed by atoms with van der Waals surface area (Å²) in [4.78, 5) is 22.4. The van der Waals surface area contributed by atoms with Crippen molar-refractivity contribution in [3.05, 3.63) is 28.8 Å². The number of nitriles is 1. The Kier molecular flexibility index (Phi) is 4.09. The van der Waals surface area contributed by atoms with Crippen LogP contribution < -0.4 is 0 Å². The molecule has 82 valence electrons. The van der Waals surface area contributed by atoms with Gasteiger partial charge in [-0.25, -0.2) is 4.79 Å². The second-order valence-corrected chi connectivity index (χ2v) is 3.36. The Morgan fingerprint density at radius 3 is 2.81 bits per heavy atom. The fraction of sp³-hybridized carbons (Fsp3) is 0.182. The Labute approximate surface area is 98.2 Å². The summed E-state index contributed by atoms with van der Waals surface area (Å²) in [6.45, 7) is 1.89. The summed E-state index contributed by atoms with van der Waals surface area (Å²) < 4.78 is 4.79. The van der Waals surface area contributed by atoms with Gasteiger partial charge in [-0.1, -0.05) is 0 Å². The third-order valence-electron chi connectivity index (χ3n) is 1.88. The van der Waals surface area contributed by atoms with Gasteiger partial charge in [0.2, 0.25) is 0 Å². The zero-order valence-corrected chi connectivity index (χ0v) is 9.45. The maximum absolute atomic E-state index is 11.5. The van der Waals surface area contributed by atoms with E-state index in [9.17, 15) is 9.59 Å². The molecule has 5 heteroatoms. The highest BCUT2D eigenvalue weighted by molar-refractivity contribution is 7.80. The standard InChI is InChI=1S/C11H9NO3S/c1-2-15-11(14)9-4-7(6-13)3-8(5-12)10(9)16/h3-4,6,16H,2H2,1H3. The molecule has 1 aromatic rings. The van der Waals surface area contributed by atoms with E-state index in [1.807, 2.05) is 6.07 Å². The van der Waals surface area contributed by atoms with Crippen molar-refractivity contribution in [1.29, 1.82) is 5.26 Å². The molecule has 0 radical (unpaired) electrons. The van der Waals surface area contributed by atoms with Crippen LogP contribution in [0.2, 0.25) is 0 Å². The maximum Gasteiger partial charge on any atom is 0.339 e. The largest absolute Gasteiger partial charge is 0.462 e. The van der Waals surface area contributed by atoms with Crippen LogP contribution in [0.5, 0.6) is 0 Å². The topological polar surface area (TPSA) is 67.2 Å². The SMILES string of the molecule is CCOC(=O)c1cc(C=O)cc(C#N)c1S. The number of hydrogen-bond donors (Lipinski definition) is 1. The first-order valence-electron chi connectivity index (χ1n) is 4.53. The van der Waals surface area contributed by atoms with Crippen LogP contribution in [0.15, 0.2) is 17.0 Å². The summed E-state index contributed by atoms with van der Waals surface area (Å²) in [6, 6.07) is 4.59. The van der Waals surface area contributed by atoms with Crippen molar-refractivity contribution in [1.82, 2.24) is 0 Å². The molecule has 0 heterocycles. The Balaban J connectivity index is 3.32. The summed E-state index contributed by atoms with van der Waals surface area (Å²) >= 11 is 4.07. The van der Waals surface area contributed by atoms with E-state index in [1.165, 1.54) is 12.1 Å². The van der Waals surface area contributed by atoms with E-state index in [0.29, 0.717) is 6.29 Å². The minimum absolute atomic E-state index is 0.131. The van der Waals surface area contributed by atoms with Gasteiger partial charge in [0, 0.05) is 10.5 Å². The molecule has 0 aliphatic heterocycles. The second-order valence-electron chi connectivity index (χ2n) is 2.91. The first-order chi connectivity index (χ1) is 7.63. The predicted molar refractivity (Wildman–Crippen MR) is 59.8 cm³/mol. The number of aldehydes is 1. The van der Waals surface area contributed by atoms with Gasteiger partial charge >= 0.3 is 5.97 Å². The second kappa shape index (κ2) is 5.33. The molecule has 0 saturated heterocycles. The fourth-order valence-electron chi connectivity index (χ4n) is 1.17. The van der Waals surface area contributed by atoms with Gasteiger partial charge in [-0.15, -0.1) is 12.6 Å². The molecule has 0 fully saturated rings. The van der Waals surface area contributed by atoms with E-state index >= 15 is 0 Å². The third-order valence-corrected chi connectivity index (χ3v) is 2.37. The van der Waals surface area contributed by atoms with E-state index in [0.717, 1.165) is 0 Å². The molecule has 0 aliphatic carbocycles. The molecule has 0 saturated carbocycles. The van der Waals surface area contributed by atoms with Gasteiger partial charge in [-0.2, -0.15) is 5.26 Å². The molecule has 0 aromatic heterocycles. The lowest BCUT2D eigenvalue weighted by Gasteiger charge is -2.06. The molecular formula is C11H9NO3S. The molecule has 1 aromatic carbocycles. The molecule has 0 amide bonds. The molecule has 0 N–H and O–H groups in total. The highest BCUT2D eigenvalue weighted by Crippen LogP contribution is 2.21. The third kappa shape index (κ3) is 2.41. The molecule has 1 rings (SSSR count). The molecule has 0 bridgehead atoms. The Hall–Kier alpha value is -1.80. The number of thiol groups is 1. The molecule has 0 atom stereocenters. The smallest absolute Gasteiger partial charge is 0.339 e. The van der Waals surface area contributed by atoms with Crippen molar-refractivity contribution in [2.45, 2.75) is 11.8 Å². The monoisotopic (exact) mass is 235 g/mol. The normalized spacial score (nSPS) is 9.31. The number of rotatable bonds is 3. The van der Waals surface area contributed by atoms with Crippen molar-refractivity contribution in [2.75, 3.05) is 6.61 Å². The van der Waals surface area contributed by atoms with Gasteiger partial charge in [0.25, 0.3) is 0 Å². The minimum Gasteiger partial charge on any atom is -0.462 e. The average molecular weight is 235 g/mol. The zero-order valence-electron chi connectivity index (χ0n) is 8.56. The summed E-state index contributed by atoms with van der Waals surface area (Å²) in [7, 11) is 0. The number of carbonyl (C=O) groups is 2. The van der Waals surface area contributed by atoms with Crippen LogP contribution in [0.3, 0.4) is 0 Å². The minimum atomic E-state index is -0.590. The maximum atomic E-state index is 11.5. The summed E-state index contributed by atoms with van der Waals surface area (Å²) in [5, 5.41) is 8.81. The van der Waals surface area contributed by atoms with Gasteiger partial charge in [-0.05, 0) is 19.1 Å². The van der Waals surface area contributed by atoms with Crippen LogP contribution in [-0.4, -0.2) is 18.9 Å². The van der Waals surface area contributed by atoms with Crippen molar-refractivity contribution >= 4 is 24.9 Å². The van der Waals surface area contributed by atoms with Crippen molar-refractivity contribution < 1.29 is 14.3 Å². The number of benzene rings is 1. The first kappa shape index (κ1) is 12.3. The van der Waals surface area contributed by atoms with E-state index in [2.05, 4.69) is 12.6 Å². The van der Waals surface area contributed by atoms with Gasteiger partial charge in [0.15, 0.2) is 0 Å². The van der Waals surface area contributed by atoms with Crippen molar-refractivity contribution in [3.8, 4) is 6.07 Å². The summed E-state index contributed by atoms with van der Waals surface area (Å²) in [6.07, 6.45) is 0.566. The lowest BCUT2D eigenvalue weighted by Crippen LogP contribution is -2.07. The lowest BCUT2D eigenvalue weighted by molar-refractivity contribution is 0.0522.